The smallest absolute Gasteiger partial charge is 0.0328 e. The Morgan fingerprint density at radius 2 is 2.25 bits per heavy atom. The van der Waals surface area contributed by atoms with Crippen LogP contribution in [-0.4, -0.2) is 36.0 Å². The second-order valence-electron chi connectivity index (χ2n) is 4.31. The molecular formula is C12H20N2S2. The van der Waals surface area contributed by atoms with Gasteiger partial charge in [0.25, 0.3) is 0 Å². The Morgan fingerprint density at radius 3 is 3.00 bits per heavy atom. The molecule has 1 atom stereocenters. The van der Waals surface area contributed by atoms with Gasteiger partial charge in [0.1, 0.15) is 0 Å². The third kappa shape index (κ3) is 3.48. The van der Waals surface area contributed by atoms with Crippen molar-refractivity contribution in [3.63, 3.8) is 0 Å². The minimum absolute atomic E-state index is 0.797. The Bertz CT molecular complexity index is 325. The molecule has 0 aromatic carbocycles. The van der Waals surface area contributed by atoms with Crippen LogP contribution in [0.2, 0.25) is 0 Å². The van der Waals surface area contributed by atoms with E-state index in [-0.39, 0.29) is 0 Å². The summed E-state index contributed by atoms with van der Waals surface area (Å²) in [6, 6.07) is 4.53. The summed E-state index contributed by atoms with van der Waals surface area (Å²) in [4.78, 5) is 5.53. The monoisotopic (exact) mass is 256 g/mol. The van der Waals surface area contributed by atoms with Gasteiger partial charge in [0.05, 0.1) is 0 Å². The summed E-state index contributed by atoms with van der Waals surface area (Å²) >= 11 is 4.04. The Labute approximate surface area is 106 Å². The van der Waals surface area contributed by atoms with E-state index in [9.17, 15) is 0 Å². The molecule has 2 nitrogen and oxygen atoms in total. The molecule has 1 aromatic heterocycles. The molecule has 16 heavy (non-hydrogen) atoms. The van der Waals surface area contributed by atoms with Crippen molar-refractivity contribution in [3.8, 4) is 0 Å². The lowest BCUT2D eigenvalue weighted by Gasteiger charge is -2.29. The van der Waals surface area contributed by atoms with Crippen molar-refractivity contribution >= 4 is 23.1 Å². The molecule has 4 heteroatoms. The number of nitrogens with zero attached hydrogens (tertiary/aromatic N) is 1. The molecule has 1 aromatic rings. The molecule has 0 bridgehead atoms. The summed E-state index contributed by atoms with van der Waals surface area (Å²) in [6.07, 6.45) is 0. The second-order valence-corrected chi connectivity index (χ2v) is 7.11. The molecule has 90 valence electrons. The van der Waals surface area contributed by atoms with Crippen LogP contribution in [-0.2, 0) is 13.1 Å². The molecule has 1 saturated heterocycles. The van der Waals surface area contributed by atoms with Crippen LogP contribution in [0.1, 0.15) is 16.7 Å². The topological polar surface area (TPSA) is 15.3 Å². The SMILES string of the molecule is CNCc1ccc(CN2CCSC(C)C2)s1. The summed E-state index contributed by atoms with van der Waals surface area (Å²) in [5, 5.41) is 4.00. The molecule has 1 fully saturated rings. The maximum absolute atomic E-state index is 3.20. The maximum Gasteiger partial charge on any atom is 0.0328 e. The third-order valence-corrected chi connectivity index (χ3v) is 4.98. The fraction of sp³-hybridized carbons (Fsp3) is 0.667. The largest absolute Gasteiger partial charge is 0.315 e. The highest BCUT2D eigenvalue weighted by Gasteiger charge is 2.17. The molecule has 1 aliphatic rings. The summed E-state index contributed by atoms with van der Waals surface area (Å²) < 4.78 is 0. The maximum atomic E-state index is 3.20. The molecule has 0 spiro atoms. The molecule has 0 saturated carbocycles. The van der Waals surface area contributed by atoms with Crippen LogP contribution >= 0.6 is 23.1 Å². The molecule has 0 radical (unpaired) electrons. The molecule has 1 N–H and O–H groups in total. The normalized spacial score (nSPS) is 22.5. The molecule has 1 unspecified atom stereocenters. The number of nitrogens with one attached hydrogen (secondary N) is 1. The second kappa shape index (κ2) is 6.05. The van der Waals surface area contributed by atoms with E-state index in [4.69, 9.17) is 0 Å². The minimum atomic E-state index is 0.797. The van der Waals surface area contributed by atoms with Gasteiger partial charge < -0.3 is 5.32 Å². The summed E-state index contributed by atoms with van der Waals surface area (Å²) in [5.74, 6) is 1.29. The van der Waals surface area contributed by atoms with Gasteiger partial charge in [0, 0.05) is 46.9 Å². The van der Waals surface area contributed by atoms with Crippen LogP contribution in [0, 0.1) is 0 Å². The van der Waals surface area contributed by atoms with Crippen LogP contribution < -0.4 is 5.32 Å². The van der Waals surface area contributed by atoms with Crippen molar-refractivity contribution in [1.82, 2.24) is 10.2 Å². The number of hydrogen-bond acceptors (Lipinski definition) is 4. The third-order valence-electron chi connectivity index (χ3n) is 2.77. The van der Waals surface area contributed by atoms with Gasteiger partial charge in [0.2, 0.25) is 0 Å². The standard InChI is InChI=1S/C12H20N2S2/c1-10-8-14(5-6-15-10)9-12-4-3-11(16-12)7-13-2/h3-4,10,13H,5-9H2,1-2H3. The molecule has 0 amide bonds. The van der Waals surface area contributed by atoms with E-state index in [1.807, 2.05) is 18.4 Å². The van der Waals surface area contributed by atoms with Crippen LogP contribution in [0.15, 0.2) is 12.1 Å². The van der Waals surface area contributed by atoms with E-state index in [0.29, 0.717) is 0 Å². The van der Waals surface area contributed by atoms with E-state index < -0.39 is 0 Å². The van der Waals surface area contributed by atoms with Crippen LogP contribution in [0.25, 0.3) is 0 Å². The van der Waals surface area contributed by atoms with Crippen molar-refractivity contribution in [2.75, 3.05) is 25.9 Å². The Morgan fingerprint density at radius 1 is 1.44 bits per heavy atom. The van der Waals surface area contributed by atoms with Crippen molar-refractivity contribution in [3.05, 3.63) is 21.9 Å². The quantitative estimate of drug-likeness (QED) is 0.890. The highest BCUT2D eigenvalue weighted by atomic mass is 32.2. The number of hydrogen-bond donors (Lipinski definition) is 1. The fourth-order valence-corrected chi connectivity index (χ4v) is 4.19. The Kier molecular flexibility index (Phi) is 4.70. The van der Waals surface area contributed by atoms with Gasteiger partial charge in [-0.2, -0.15) is 11.8 Å². The van der Waals surface area contributed by atoms with E-state index >= 15 is 0 Å². The van der Waals surface area contributed by atoms with E-state index in [1.54, 1.807) is 0 Å². The number of thiophene rings is 1. The van der Waals surface area contributed by atoms with Crippen molar-refractivity contribution in [2.45, 2.75) is 25.3 Å². The molecule has 0 aliphatic carbocycles. The predicted octanol–water partition coefficient (Wildman–Crippen LogP) is 2.40. The molecular weight excluding hydrogens is 236 g/mol. The lowest BCUT2D eigenvalue weighted by Crippen LogP contribution is -2.35. The summed E-state index contributed by atoms with van der Waals surface area (Å²) in [7, 11) is 2.00. The number of thioether (sulfide) groups is 1. The van der Waals surface area contributed by atoms with Gasteiger partial charge >= 0.3 is 0 Å². The highest BCUT2D eigenvalue weighted by molar-refractivity contribution is 7.99. The molecule has 2 rings (SSSR count). The highest BCUT2D eigenvalue weighted by Crippen LogP contribution is 2.22. The first-order chi connectivity index (χ1) is 7.78. The first-order valence-electron chi connectivity index (χ1n) is 5.84. The zero-order valence-corrected chi connectivity index (χ0v) is 11.7. The average molecular weight is 256 g/mol. The lowest BCUT2D eigenvalue weighted by atomic mass is 10.3. The van der Waals surface area contributed by atoms with E-state index in [2.05, 4.69) is 41.0 Å². The van der Waals surface area contributed by atoms with Gasteiger partial charge in [0.15, 0.2) is 0 Å². The number of rotatable bonds is 4. The zero-order chi connectivity index (χ0) is 11.4. The van der Waals surface area contributed by atoms with E-state index in [0.717, 1.165) is 18.3 Å². The zero-order valence-electron chi connectivity index (χ0n) is 10.0. The van der Waals surface area contributed by atoms with Crippen LogP contribution in [0.4, 0.5) is 0 Å². The molecule has 1 aliphatic heterocycles. The van der Waals surface area contributed by atoms with Gasteiger partial charge in [-0.25, -0.2) is 0 Å². The summed E-state index contributed by atoms with van der Waals surface area (Å²) in [5.41, 5.74) is 0. The van der Waals surface area contributed by atoms with Crippen molar-refractivity contribution < 1.29 is 0 Å². The van der Waals surface area contributed by atoms with Gasteiger partial charge in [-0.05, 0) is 19.2 Å². The van der Waals surface area contributed by atoms with Crippen molar-refractivity contribution in [1.29, 1.82) is 0 Å². The van der Waals surface area contributed by atoms with Gasteiger partial charge in [-0.15, -0.1) is 11.3 Å². The fourth-order valence-electron chi connectivity index (χ4n) is 2.03. The predicted molar refractivity (Wildman–Crippen MR) is 74.3 cm³/mol. The minimum Gasteiger partial charge on any atom is -0.315 e. The van der Waals surface area contributed by atoms with Crippen LogP contribution in [0.3, 0.4) is 0 Å². The van der Waals surface area contributed by atoms with Gasteiger partial charge in [-0.1, -0.05) is 6.92 Å². The Hall–Kier alpha value is -0.0300. The molecule has 2 heterocycles. The van der Waals surface area contributed by atoms with Gasteiger partial charge in [-0.3, -0.25) is 4.90 Å². The average Bonchev–Trinajstić information content (AvgIpc) is 2.66. The lowest BCUT2D eigenvalue weighted by molar-refractivity contribution is 0.281. The summed E-state index contributed by atoms with van der Waals surface area (Å²) in [6.45, 7) is 6.95. The van der Waals surface area contributed by atoms with Crippen molar-refractivity contribution in [2.24, 2.45) is 0 Å². The Balaban J connectivity index is 1.87. The van der Waals surface area contributed by atoms with E-state index in [1.165, 1.54) is 28.6 Å². The first-order valence-corrected chi connectivity index (χ1v) is 7.70. The first kappa shape index (κ1) is 12.4. The van der Waals surface area contributed by atoms with Crippen LogP contribution in [0.5, 0.6) is 0 Å².